The number of fused-ring (bicyclic) bond motifs is 6. The zero-order chi connectivity index (χ0) is 37.8. The van der Waals surface area contributed by atoms with E-state index in [-0.39, 0.29) is 0 Å². The molecule has 1 aliphatic carbocycles. The zero-order valence-electron chi connectivity index (χ0n) is 30.8. The van der Waals surface area contributed by atoms with Crippen molar-refractivity contribution in [1.82, 2.24) is 15.0 Å². The van der Waals surface area contributed by atoms with E-state index in [0.29, 0.717) is 17.5 Å². The Bertz CT molecular complexity index is 3050. The van der Waals surface area contributed by atoms with Crippen molar-refractivity contribution in [3.63, 3.8) is 0 Å². The number of nitrogens with zero attached hydrogens (tertiary/aromatic N) is 3. The second-order valence-corrected chi connectivity index (χ2v) is 14.4. The van der Waals surface area contributed by atoms with Gasteiger partial charge in [0.1, 0.15) is 11.2 Å². The minimum atomic E-state index is -0.648. The van der Waals surface area contributed by atoms with E-state index in [0.717, 1.165) is 61.1 Å². The lowest BCUT2D eigenvalue weighted by atomic mass is 9.67. The Morgan fingerprint density at radius 1 is 0.386 bits per heavy atom. The Hall–Kier alpha value is -7.63. The highest BCUT2D eigenvalue weighted by Crippen LogP contribution is 2.58. The van der Waals surface area contributed by atoms with Crippen LogP contribution in [0.2, 0.25) is 0 Å². The molecule has 0 saturated heterocycles. The molecule has 0 fully saturated rings. The Kier molecular flexibility index (Phi) is 7.64. The van der Waals surface area contributed by atoms with Crippen LogP contribution in [-0.2, 0) is 5.41 Å². The number of benzene rings is 8. The molecule has 8 aromatic carbocycles. The van der Waals surface area contributed by atoms with Gasteiger partial charge in [-0.2, -0.15) is 0 Å². The van der Waals surface area contributed by atoms with Crippen molar-refractivity contribution in [3.05, 3.63) is 222 Å². The molecule has 1 aliphatic rings. The molecule has 1 unspecified atom stereocenters. The molecule has 2 aromatic heterocycles. The molecule has 57 heavy (non-hydrogen) atoms. The van der Waals surface area contributed by atoms with Crippen LogP contribution in [0.1, 0.15) is 22.3 Å². The summed E-state index contributed by atoms with van der Waals surface area (Å²) in [5.41, 5.74) is 13.0. The summed E-state index contributed by atoms with van der Waals surface area (Å²) in [6.07, 6.45) is 0. The van der Waals surface area contributed by atoms with Crippen LogP contribution in [-0.4, -0.2) is 15.0 Å². The Morgan fingerprint density at radius 2 is 0.930 bits per heavy atom. The quantitative estimate of drug-likeness (QED) is 0.177. The van der Waals surface area contributed by atoms with Gasteiger partial charge in [-0.3, -0.25) is 0 Å². The van der Waals surface area contributed by atoms with Crippen LogP contribution in [0.5, 0.6) is 0 Å². The predicted molar refractivity (Wildman–Crippen MR) is 230 cm³/mol. The highest BCUT2D eigenvalue weighted by molar-refractivity contribution is 6.12. The smallest absolute Gasteiger partial charge is 0.164 e. The van der Waals surface area contributed by atoms with E-state index in [1.54, 1.807) is 0 Å². The van der Waals surface area contributed by atoms with Gasteiger partial charge < -0.3 is 9.73 Å². The van der Waals surface area contributed by atoms with Crippen LogP contribution < -0.4 is 5.32 Å². The van der Waals surface area contributed by atoms with E-state index in [1.165, 1.54) is 22.3 Å². The Labute approximate surface area is 330 Å². The first kappa shape index (κ1) is 32.8. The van der Waals surface area contributed by atoms with Gasteiger partial charge in [-0.15, -0.1) is 0 Å². The summed E-state index contributed by atoms with van der Waals surface area (Å²) in [6, 6.07) is 69.9. The average molecular weight is 731 g/mol. The fourth-order valence-electron chi connectivity index (χ4n) is 8.75. The van der Waals surface area contributed by atoms with E-state index in [9.17, 15) is 0 Å². The Morgan fingerprint density at radius 3 is 1.67 bits per heavy atom. The average Bonchev–Trinajstić information content (AvgIpc) is 3.82. The lowest BCUT2D eigenvalue weighted by molar-refractivity contribution is 0.669. The first-order valence-corrected chi connectivity index (χ1v) is 19.2. The molecule has 0 aliphatic heterocycles. The number of aromatic nitrogens is 3. The van der Waals surface area contributed by atoms with Crippen LogP contribution in [0.15, 0.2) is 205 Å². The van der Waals surface area contributed by atoms with Crippen molar-refractivity contribution in [3.8, 4) is 45.3 Å². The van der Waals surface area contributed by atoms with Gasteiger partial charge in [0.2, 0.25) is 0 Å². The van der Waals surface area contributed by atoms with Crippen LogP contribution in [0.25, 0.3) is 67.2 Å². The molecule has 1 atom stereocenters. The predicted octanol–water partition coefficient (Wildman–Crippen LogP) is 12.9. The topological polar surface area (TPSA) is 63.8 Å². The van der Waals surface area contributed by atoms with Gasteiger partial charge in [0.05, 0.1) is 16.5 Å². The van der Waals surface area contributed by atoms with Gasteiger partial charge >= 0.3 is 0 Å². The number of hydrogen-bond donors (Lipinski definition) is 1. The minimum Gasteiger partial charge on any atom is -0.456 e. The van der Waals surface area contributed by atoms with Gasteiger partial charge in [0.15, 0.2) is 17.5 Å². The highest BCUT2D eigenvalue weighted by Gasteiger charge is 2.47. The van der Waals surface area contributed by atoms with Gasteiger partial charge in [-0.25, -0.2) is 15.0 Å². The number of para-hydroxylation sites is 2. The summed E-state index contributed by atoms with van der Waals surface area (Å²) in [5.74, 6) is 1.90. The van der Waals surface area contributed by atoms with Crippen molar-refractivity contribution in [2.24, 2.45) is 0 Å². The van der Waals surface area contributed by atoms with Gasteiger partial charge in [0.25, 0.3) is 0 Å². The maximum absolute atomic E-state index is 6.30. The maximum atomic E-state index is 6.30. The molecule has 5 nitrogen and oxygen atoms in total. The fourth-order valence-corrected chi connectivity index (χ4v) is 8.75. The third-order valence-electron chi connectivity index (χ3n) is 11.2. The first-order valence-electron chi connectivity index (χ1n) is 19.2. The molecule has 2 heterocycles. The van der Waals surface area contributed by atoms with E-state index < -0.39 is 5.41 Å². The van der Waals surface area contributed by atoms with E-state index >= 15 is 0 Å². The van der Waals surface area contributed by atoms with Crippen LogP contribution >= 0.6 is 0 Å². The first-order chi connectivity index (χ1) is 28.3. The van der Waals surface area contributed by atoms with Crippen molar-refractivity contribution in [2.45, 2.75) is 5.41 Å². The van der Waals surface area contributed by atoms with E-state index in [4.69, 9.17) is 19.4 Å². The molecule has 10 aromatic rings. The van der Waals surface area contributed by atoms with Gasteiger partial charge in [-0.05, 0) is 63.7 Å². The standard InChI is InChI=1S/C52H34N4O/c1-4-17-34(18-5-1)49-54-50(35-19-6-2-7-20-35)56-51(55-49)36-31-32-42-40(33-36)38-23-10-12-25-41(38)52(42,37-21-8-3-9-22-37)43-26-13-14-27-44(43)53-45-28-16-30-47-48(45)39-24-11-15-29-46(39)57-47/h1-33,53H. The normalized spacial score (nSPS) is 14.4. The second-order valence-electron chi connectivity index (χ2n) is 14.4. The summed E-state index contributed by atoms with van der Waals surface area (Å²) in [5, 5.41) is 6.07. The van der Waals surface area contributed by atoms with Crippen LogP contribution in [0, 0.1) is 0 Å². The fraction of sp³-hybridized carbons (Fsp3) is 0.0192. The zero-order valence-corrected chi connectivity index (χ0v) is 30.8. The summed E-state index contributed by atoms with van der Waals surface area (Å²) in [6.45, 7) is 0. The number of furan rings is 1. The molecule has 1 N–H and O–H groups in total. The molecule has 268 valence electrons. The number of nitrogens with one attached hydrogen (secondary N) is 1. The monoisotopic (exact) mass is 730 g/mol. The number of hydrogen-bond acceptors (Lipinski definition) is 5. The molecular weight excluding hydrogens is 697 g/mol. The largest absolute Gasteiger partial charge is 0.456 e. The lowest BCUT2D eigenvalue weighted by Gasteiger charge is -2.35. The molecule has 5 heteroatoms. The summed E-state index contributed by atoms with van der Waals surface area (Å²) in [4.78, 5) is 15.1. The van der Waals surface area contributed by atoms with Crippen molar-refractivity contribution < 1.29 is 4.42 Å². The molecule has 0 saturated carbocycles. The molecule has 11 rings (SSSR count). The van der Waals surface area contributed by atoms with E-state index in [2.05, 4.69) is 127 Å². The highest BCUT2D eigenvalue weighted by atomic mass is 16.3. The molecule has 0 radical (unpaired) electrons. The SMILES string of the molecule is c1ccc(-c2nc(-c3ccccc3)nc(-c3ccc4c(c3)-c3ccccc3C4(c3ccccc3)c3ccccc3Nc3cccc4oc5ccccc5c34)n2)cc1. The summed E-state index contributed by atoms with van der Waals surface area (Å²) >= 11 is 0. The van der Waals surface area contributed by atoms with Crippen molar-refractivity contribution in [2.75, 3.05) is 5.32 Å². The molecule has 0 bridgehead atoms. The van der Waals surface area contributed by atoms with Crippen molar-refractivity contribution in [1.29, 1.82) is 0 Å². The molecule has 0 spiro atoms. The number of rotatable bonds is 7. The maximum Gasteiger partial charge on any atom is 0.164 e. The summed E-state index contributed by atoms with van der Waals surface area (Å²) in [7, 11) is 0. The number of anilines is 2. The second kappa shape index (κ2) is 13.3. The Balaban J connectivity index is 1.13. The van der Waals surface area contributed by atoms with Gasteiger partial charge in [-0.1, -0.05) is 170 Å². The minimum absolute atomic E-state index is 0.627. The van der Waals surface area contributed by atoms with Crippen molar-refractivity contribution >= 4 is 33.3 Å². The lowest BCUT2D eigenvalue weighted by Crippen LogP contribution is -2.29. The summed E-state index contributed by atoms with van der Waals surface area (Å²) < 4.78 is 6.30. The third kappa shape index (κ3) is 5.28. The van der Waals surface area contributed by atoms with Crippen LogP contribution in [0.3, 0.4) is 0 Å². The van der Waals surface area contributed by atoms with Gasteiger partial charge in [0, 0.05) is 27.8 Å². The van der Waals surface area contributed by atoms with E-state index in [1.807, 2.05) is 78.9 Å². The third-order valence-corrected chi connectivity index (χ3v) is 11.2. The molecule has 0 amide bonds. The van der Waals surface area contributed by atoms with Crippen LogP contribution in [0.4, 0.5) is 11.4 Å². The molecular formula is C52H34N4O.